The van der Waals surface area contributed by atoms with Crippen molar-refractivity contribution in [2.45, 2.75) is 52.0 Å². The number of hydrogen-bond donors (Lipinski definition) is 2. The van der Waals surface area contributed by atoms with Crippen LogP contribution in [0.3, 0.4) is 0 Å². The van der Waals surface area contributed by atoms with Crippen molar-refractivity contribution >= 4 is 0 Å². The molecule has 1 atom stereocenters. The summed E-state index contributed by atoms with van der Waals surface area (Å²) in [5.74, 6) is 0. The van der Waals surface area contributed by atoms with Crippen LogP contribution in [-0.4, -0.2) is 48.8 Å². The third kappa shape index (κ3) is 6.91. The summed E-state index contributed by atoms with van der Waals surface area (Å²) in [6, 6.07) is 2.95. The minimum absolute atomic E-state index is 0.200. The molecular formula is C15H29N3O. The summed E-state index contributed by atoms with van der Waals surface area (Å²) in [6.45, 7) is 8.20. The third-order valence-electron chi connectivity index (χ3n) is 3.89. The van der Waals surface area contributed by atoms with Crippen LogP contribution in [0.5, 0.6) is 0 Å². The standard InChI is InChI=1S/C15H29N3O/c1-15(2,13-16)7-3-4-9-18(10-11-19)12-14-6-5-8-17-14/h14,17,19H,3-12H2,1-2H3. The largest absolute Gasteiger partial charge is 0.395 e. The van der Waals surface area contributed by atoms with Crippen molar-refractivity contribution in [3.05, 3.63) is 0 Å². The first-order valence-electron chi connectivity index (χ1n) is 7.55. The Hall–Kier alpha value is -0.630. The Kier molecular flexibility index (Phi) is 7.37. The van der Waals surface area contributed by atoms with Gasteiger partial charge in [-0.25, -0.2) is 0 Å². The normalized spacial score (nSPS) is 19.8. The fourth-order valence-electron chi connectivity index (χ4n) is 2.62. The lowest BCUT2D eigenvalue weighted by molar-refractivity contribution is 0.181. The second-order valence-corrected chi connectivity index (χ2v) is 6.27. The van der Waals surface area contributed by atoms with E-state index in [0.29, 0.717) is 6.04 Å². The fourth-order valence-corrected chi connectivity index (χ4v) is 2.62. The van der Waals surface area contributed by atoms with E-state index in [2.05, 4.69) is 16.3 Å². The smallest absolute Gasteiger partial charge is 0.0683 e. The highest BCUT2D eigenvalue weighted by Gasteiger charge is 2.18. The molecule has 0 radical (unpaired) electrons. The van der Waals surface area contributed by atoms with E-state index >= 15 is 0 Å². The summed E-state index contributed by atoms with van der Waals surface area (Å²) >= 11 is 0. The van der Waals surface area contributed by atoms with Gasteiger partial charge in [0.2, 0.25) is 0 Å². The van der Waals surface area contributed by atoms with Gasteiger partial charge >= 0.3 is 0 Å². The van der Waals surface area contributed by atoms with Crippen LogP contribution in [0.15, 0.2) is 0 Å². The lowest BCUT2D eigenvalue weighted by Crippen LogP contribution is -2.39. The average Bonchev–Trinajstić information content (AvgIpc) is 2.87. The topological polar surface area (TPSA) is 59.3 Å². The van der Waals surface area contributed by atoms with E-state index in [1.807, 2.05) is 13.8 Å². The molecule has 2 N–H and O–H groups in total. The van der Waals surface area contributed by atoms with Crippen molar-refractivity contribution in [3.8, 4) is 6.07 Å². The molecule has 0 saturated carbocycles. The van der Waals surface area contributed by atoms with Gasteiger partial charge in [0.05, 0.1) is 18.1 Å². The van der Waals surface area contributed by atoms with E-state index in [-0.39, 0.29) is 12.0 Å². The zero-order chi connectivity index (χ0) is 14.1. The van der Waals surface area contributed by atoms with Gasteiger partial charge in [0, 0.05) is 19.1 Å². The molecule has 0 bridgehead atoms. The Morgan fingerprint density at radius 2 is 2.16 bits per heavy atom. The number of nitrogens with one attached hydrogen (secondary N) is 1. The number of unbranched alkanes of at least 4 members (excludes halogenated alkanes) is 1. The quantitative estimate of drug-likeness (QED) is 0.625. The van der Waals surface area contributed by atoms with E-state index in [4.69, 9.17) is 10.4 Å². The minimum Gasteiger partial charge on any atom is -0.395 e. The summed E-state index contributed by atoms with van der Waals surface area (Å²) in [5, 5.41) is 21.6. The second-order valence-electron chi connectivity index (χ2n) is 6.27. The van der Waals surface area contributed by atoms with Crippen LogP contribution in [-0.2, 0) is 0 Å². The molecule has 4 heteroatoms. The molecule has 1 heterocycles. The van der Waals surface area contributed by atoms with Gasteiger partial charge in [-0.1, -0.05) is 6.42 Å². The summed E-state index contributed by atoms with van der Waals surface area (Å²) < 4.78 is 0. The predicted molar refractivity (Wildman–Crippen MR) is 77.8 cm³/mol. The molecule has 0 aliphatic carbocycles. The number of rotatable bonds is 9. The minimum atomic E-state index is -0.200. The molecular weight excluding hydrogens is 238 g/mol. The maximum atomic E-state index is 9.13. The molecule has 110 valence electrons. The molecule has 1 fully saturated rings. The molecule has 1 rings (SSSR count). The van der Waals surface area contributed by atoms with E-state index in [9.17, 15) is 0 Å². The predicted octanol–water partition coefficient (Wildman–Crippen LogP) is 1.75. The molecule has 0 amide bonds. The van der Waals surface area contributed by atoms with Crippen LogP contribution in [0, 0.1) is 16.7 Å². The van der Waals surface area contributed by atoms with Gasteiger partial charge in [-0.05, 0) is 52.6 Å². The summed E-state index contributed by atoms with van der Waals surface area (Å²) in [7, 11) is 0. The van der Waals surface area contributed by atoms with Crippen molar-refractivity contribution in [2.75, 3.05) is 32.8 Å². The monoisotopic (exact) mass is 267 g/mol. The van der Waals surface area contributed by atoms with Crippen molar-refractivity contribution in [2.24, 2.45) is 5.41 Å². The van der Waals surface area contributed by atoms with Gasteiger partial charge < -0.3 is 10.4 Å². The van der Waals surface area contributed by atoms with Gasteiger partial charge in [0.1, 0.15) is 0 Å². The van der Waals surface area contributed by atoms with Crippen LogP contribution in [0.25, 0.3) is 0 Å². The Bertz CT molecular complexity index is 280. The first-order chi connectivity index (χ1) is 9.07. The Labute approximate surface area is 117 Å². The first kappa shape index (κ1) is 16.4. The average molecular weight is 267 g/mol. The number of aliphatic hydroxyl groups is 1. The summed E-state index contributed by atoms with van der Waals surface area (Å²) in [4.78, 5) is 2.35. The fraction of sp³-hybridized carbons (Fsp3) is 0.933. The van der Waals surface area contributed by atoms with E-state index in [1.165, 1.54) is 12.8 Å². The van der Waals surface area contributed by atoms with Crippen LogP contribution in [0.1, 0.15) is 46.0 Å². The number of aliphatic hydroxyl groups excluding tert-OH is 1. The van der Waals surface area contributed by atoms with Crippen LogP contribution in [0.2, 0.25) is 0 Å². The molecule has 1 unspecified atom stereocenters. The molecule has 0 aromatic heterocycles. The molecule has 1 saturated heterocycles. The molecule has 4 nitrogen and oxygen atoms in total. The van der Waals surface area contributed by atoms with Crippen LogP contribution in [0.4, 0.5) is 0 Å². The zero-order valence-corrected chi connectivity index (χ0v) is 12.5. The highest BCUT2D eigenvalue weighted by molar-refractivity contribution is 4.91. The molecule has 0 aromatic carbocycles. The molecule has 1 aliphatic heterocycles. The summed E-state index contributed by atoms with van der Waals surface area (Å²) in [5.41, 5.74) is -0.200. The highest BCUT2D eigenvalue weighted by Crippen LogP contribution is 2.21. The number of nitriles is 1. The van der Waals surface area contributed by atoms with Crippen LogP contribution < -0.4 is 5.32 Å². The number of nitrogens with zero attached hydrogens (tertiary/aromatic N) is 2. The number of hydrogen-bond acceptors (Lipinski definition) is 4. The van der Waals surface area contributed by atoms with Gasteiger partial charge in [0.15, 0.2) is 0 Å². The van der Waals surface area contributed by atoms with Gasteiger partial charge in [0.25, 0.3) is 0 Å². The third-order valence-corrected chi connectivity index (χ3v) is 3.89. The zero-order valence-electron chi connectivity index (χ0n) is 12.5. The lowest BCUT2D eigenvalue weighted by atomic mass is 9.89. The van der Waals surface area contributed by atoms with Crippen molar-refractivity contribution < 1.29 is 5.11 Å². The molecule has 1 aliphatic rings. The lowest BCUT2D eigenvalue weighted by Gasteiger charge is -2.25. The Morgan fingerprint density at radius 3 is 2.74 bits per heavy atom. The first-order valence-corrected chi connectivity index (χ1v) is 7.55. The van der Waals surface area contributed by atoms with E-state index in [0.717, 1.165) is 45.4 Å². The Balaban J connectivity index is 2.20. The SMILES string of the molecule is CC(C)(C#N)CCCCN(CCO)CC1CCCN1. The molecule has 19 heavy (non-hydrogen) atoms. The van der Waals surface area contributed by atoms with Crippen molar-refractivity contribution in [1.29, 1.82) is 5.26 Å². The highest BCUT2D eigenvalue weighted by atomic mass is 16.3. The maximum absolute atomic E-state index is 9.13. The Morgan fingerprint density at radius 1 is 1.37 bits per heavy atom. The van der Waals surface area contributed by atoms with Crippen molar-refractivity contribution in [3.63, 3.8) is 0 Å². The van der Waals surface area contributed by atoms with Gasteiger partial charge in [-0.15, -0.1) is 0 Å². The molecule has 0 spiro atoms. The van der Waals surface area contributed by atoms with E-state index in [1.54, 1.807) is 0 Å². The second kappa shape index (κ2) is 8.52. The molecule has 0 aromatic rings. The van der Waals surface area contributed by atoms with Crippen LogP contribution >= 0.6 is 0 Å². The summed E-state index contributed by atoms with van der Waals surface area (Å²) in [6.07, 6.45) is 5.67. The van der Waals surface area contributed by atoms with E-state index < -0.39 is 0 Å². The maximum Gasteiger partial charge on any atom is 0.0683 e. The van der Waals surface area contributed by atoms with Gasteiger partial charge in [-0.3, -0.25) is 4.90 Å². The van der Waals surface area contributed by atoms with Gasteiger partial charge in [-0.2, -0.15) is 5.26 Å². The van der Waals surface area contributed by atoms with Crippen molar-refractivity contribution in [1.82, 2.24) is 10.2 Å².